The normalized spacial score (nSPS) is 20.3. The number of ether oxygens (including phenoxy) is 1. The van der Waals surface area contributed by atoms with Crippen molar-refractivity contribution in [2.45, 2.75) is 38.1 Å². The van der Waals surface area contributed by atoms with Gasteiger partial charge in [-0.15, -0.1) is 12.4 Å². The Morgan fingerprint density at radius 3 is 2.88 bits per heavy atom. The topological polar surface area (TPSA) is 79.0 Å². The van der Waals surface area contributed by atoms with Crippen LogP contribution in [-0.4, -0.2) is 35.7 Å². The molecular weight excluding hydrogens is 359 g/mol. The molecule has 1 saturated carbocycles. The highest BCUT2D eigenvalue weighted by Gasteiger charge is 2.22. The Bertz CT molecular complexity index is 817. The number of rotatable bonds is 5. The van der Waals surface area contributed by atoms with Gasteiger partial charge >= 0.3 is 0 Å². The molecule has 2 aliphatic rings. The molecule has 8 heteroatoms. The summed E-state index contributed by atoms with van der Waals surface area (Å²) in [6.45, 7) is 2.53. The van der Waals surface area contributed by atoms with Gasteiger partial charge in [-0.1, -0.05) is 0 Å². The molecule has 1 atom stereocenters. The molecule has 2 aromatic rings. The van der Waals surface area contributed by atoms with Gasteiger partial charge in [-0.25, -0.2) is 9.37 Å². The van der Waals surface area contributed by atoms with Crippen LogP contribution in [0.1, 0.15) is 32.1 Å². The number of benzene rings is 1. The second-order valence-electron chi connectivity index (χ2n) is 6.99. The van der Waals surface area contributed by atoms with Crippen molar-refractivity contribution in [1.82, 2.24) is 15.3 Å². The number of nitrogens with zero attached hydrogens (tertiary/aromatic N) is 1. The zero-order valence-corrected chi connectivity index (χ0v) is 15.3. The van der Waals surface area contributed by atoms with Gasteiger partial charge < -0.3 is 15.4 Å². The van der Waals surface area contributed by atoms with E-state index in [4.69, 9.17) is 4.74 Å². The summed E-state index contributed by atoms with van der Waals surface area (Å²) in [4.78, 5) is 19.4. The highest BCUT2D eigenvalue weighted by molar-refractivity contribution is 5.85. The number of H-pyrrole nitrogens is 1. The van der Waals surface area contributed by atoms with Crippen molar-refractivity contribution in [1.29, 1.82) is 0 Å². The Balaban J connectivity index is 0.00000196. The molecule has 26 heavy (non-hydrogen) atoms. The first-order valence-electron chi connectivity index (χ1n) is 9.02. The van der Waals surface area contributed by atoms with Crippen LogP contribution in [0.15, 0.2) is 16.9 Å². The largest absolute Gasteiger partial charge is 0.493 e. The standard InChI is InChI=1S/C18H23FN4O2.ClH/c19-14-8-13(25-10-11-3-4-11)9-15-16(14)17(24)23-18(22-15)21-12-2-1-6-20-7-5-12;/h8-9,11-12,20H,1-7,10H2,(H2,21,22,23,24);1H. The third-order valence-corrected chi connectivity index (χ3v) is 4.83. The Hall–Kier alpha value is -1.86. The Labute approximate surface area is 157 Å². The smallest absolute Gasteiger partial charge is 0.263 e. The molecule has 0 amide bonds. The summed E-state index contributed by atoms with van der Waals surface area (Å²) in [5.74, 6) is 0.803. The van der Waals surface area contributed by atoms with E-state index in [1.54, 1.807) is 6.07 Å². The molecule has 1 aromatic heterocycles. The summed E-state index contributed by atoms with van der Waals surface area (Å²) < 4.78 is 20.0. The number of fused-ring (bicyclic) bond motifs is 1. The summed E-state index contributed by atoms with van der Waals surface area (Å²) in [6, 6.07) is 3.16. The van der Waals surface area contributed by atoms with Crippen molar-refractivity contribution < 1.29 is 9.13 Å². The summed E-state index contributed by atoms with van der Waals surface area (Å²) in [5, 5.41) is 6.61. The molecule has 1 aromatic carbocycles. The Morgan fingerprint density at radius 2 is 2.08 bits per heavy atom. The van der Waals surface area contributed by atoms with Gasteiger partial charge in [0, 0.05) is 18.2 Å². The number of aromatic nitrogens is 2. The maximum absolute atomic E-state index is 14.3. The van der Waals surface area contributed by atoms with E-state index in [1.807, 2.05) is 0 Å². The molecule has 2 heterocycles. The third-order valence-electron chi connectivity index (χ3n) is 4.83. The number of hydrogen-bond acceptors (Lipinski definition) is 5. The quantitative estimate of drug-likeness (QED) is 0.741. The van der Waals surface area contributed by atoms with Crippen LogP contribution in [0.25, 0.3) is 10.9 Å². The third kappa shape index (κ3) is 4.45. The van der Waals surface area contributed by atoms with E-state index < -0.39 is 11.4 Å². The lowest BCUT2D eigenvalue weighted by Gasteiger charge is -2.16. The average Bonchev–Trinajstić information content (AvgIpc) is 3.40. The molecule has 0 radical (unpaired) electrons. The van der Waals surface area contributed by atoms with Gasteiger partial charge in [0.05, 0.1) is 12.1 Å². The molecule has 1 unspecified atom stereocenters. The lowest BCUT2D eigenvalue weighted by molar-refractivity contribution is 0.299. The minimum atomic E-state index is -0.595. The summed E-state index contributed by atoms with van der Waals surface area (Å²) in [5.41, 5.74) is -0.144. The van der Waals surface area contributed by atoms with Gasteiger partial charge in [0.15, 0.2) is 0 Å². The van der Waals surface area contributed by atoms with Crippen molar-refractivity contribution in [3.63, 3.8) is 0 Å². The number of halogens is 2. The number of nitrogens with one attached hydrogen (secondary N) is 3. The predicted octanol–water partition coefficient (Wildman–Crippen LogP) is 2.83. The molecule has 1 saturated heterocycles. The van der Waals surface area contributed by atoms with E-state index in [9.17, 15) is 9.18 Å². The van der Waals surface area contributed by atoms with Gasteiger partial charge in [0.1, 0.15) is 17.0 Å². The van der Waals surface area contributed by atoms with Gasteiger partial charge in [-0.3, -0.25) is 9.78 Å². The second-order valence-corrected chi connectivity index (χ2v) is 6.99. The predicted molar refractivity (Wildman–Crippen MR) is 102 cm³/mol. The molecule has 142 valence electrons. The Kier molecular flexibility index (Phi) is 5.98. The molecule has 6 nitrogen and oxygen atoms in total. The molecule has 1 aliphatic carbocycles. The fourth-order valence-electron chi connectivity index (χ4n) is 3.21. The maximum Gasteiger partial charge on any atom is 0.263 e. The van der Waals surface area contributed by atoms with Crippen LogP contribution in [0, 0.1) is 11.7 Å². The highest BCUT2D eigenvalue weighted by atomic mass is 35.5. The van der Waals surface area contributed by atoms with Crippen LogP contribution in [0.5, 0.6) is 5.75 Å². The molecule has 2 fully saturated rings. The van der Waals surface area contributed by atoms with E-state index in [2.05, 4.69) is 20.6 Å². The molecular formula is C18H24ClFN4O2. The van der Waals surface area contributed by atoms with Gasteiger partial charge in [-0.2, -0.15) is 0 Å². The maximum atomic E-state index is 14.3. The van der Waals surface area contributed by atoms with Crippen LogP contribution >= 0.6 is 12.4 Å². The summed E-state index contributed by atoms with van der Waals surface area (Å²) in [7, 11) is 0. The average molecular weight is 383 g/mol. The van der Waals surface area contributed by atoms with E-state index in [0.29, 0.717) is 29.7 Å². The minimum absolute atomic E-state index is 0. The van der Waals surface area contributed by atoms with E-state index in [-0.39, 0.29) is 23.8 Å². The first kappa shape index (κ1) is 18.9. The fourth-order valence-corrected chi connectivity index (χ4v) is 3.21. The van der Waals surface area contributed by atoms with E-state index in [0.717, 1.165) is 45.2 Å². The zero-order valence-electron chi connectivity index (χ0n) is 14.5. The van der Waals surface area contributed by atoms with Crippen LogP contribution < -0.4 is 20.9 Å². The SMILES string of the molecule is Cl.O=c1[nH]c(NC2CCCNCC2)nc2cc(OCC3CC3)cc(F)c12. The Morgan fingerprint density at radius 1 is 1.23 bits per heavy atom. The van der Waals surface area contributed by atoms with Gasteiger partial charge in [-0.05, 0) is 51.1 Å². The lowest BCUT2D eigenvalue weighted by atomic mass is 10.1. The second kappa shape index (κ2) is 8.22. The zero-order chi connectivity index (χ0) is 17.2. The molecule has 1 aliphatic heterocycles. The monoisotopic (exact) mass is 382 g/mol. The van der Waals surface area contributed by atoms with Crippen LogP contribution in [0.3, 0.4) is 0 Å². The van der Waals surface area contributed by atoms with Crippen molar-refractivity contribution in [3.05, 3.63) is 28.3 Å². The van der Waals surface area contributed by atoms with Gasteiger partial charge in [0.2, 0.25) is 5.95 Å². The molecule has 0 spiro atoms. The molecule has 0 bridgehead atoms. The van der Waals surface area contributed by atoms with E-state index in [1.165, 1.54) is 6.07 Å². The molecule has 4 rings (SSSR count). The summed E-state index contributed by atoms with van der Waals surface area (Å²) >= 11 is 0. The molecule has 3 N–H and O–H groups in total. The number of aromatic amines is 1. The highest BCUT2D eigenvalue weighted by Crippen LogP contribution is 2.30. The van der Waals surface area contributed by atoms with Crippen molar-refractivity contribution in [2.24, 2.45) is 5.92 Å². The van der Waals surface area contributed by atoms with Crippen molar-refractivity contribution in [2.75, 3.05) is 25.0 Å². The first-order valence-corrected chi connectivity index (χ1v) is 9.02. The number of hydrogen-bond donors (Lipinski definition) is 3. The van der Waals surface area contributed by atoms with Crippen molar-refractivity contribution >= 4 is 29.3 Å². The van der Waals surface area contributed by atoms with Crippen molar-refractivity contribution in [3.8, 4) is 5.75 Å². The van der Waals surface area contributed by atoms with Crippen LogP contribution in [0.4, 0.5) is 10.3 Å². The number of anilines is 1. The fraction of sp³-hybridized carbons (Fsp3) is 0.556. The minimum Gasteiger partial charge on any atom is -0.493 e. The van der Waals surface area contributed by atoms with Gasteiger partial charge in [0.25, 0.3) is 5.56 Å². The van der Waals surface area contributed by atoms with Crippen LogP contribution in [-0.2, 0) is 0 Å². The van der Waals surface area contributed by atoms with Crippen LogP contribution in [0.2, 0.25) is 0 Å². The lowest BCUT2D eigenvalue weighted by Crippen LogP contribution is -2.24. The van der Waals surface area contributed by atoms with E-state index >= 15 is 0 Å². The summed E-state index contributed by atoms with van der Waals surface area (Å²) in [6.07, 6.45) is 5.37. The first-order chi connectivity index (χ1) is 12.2.